The fourth-order valence-electron chi connectivity index (χ4n) is 2.26. The standard InChI is InChI=1S/C18H19F2NO/c1-13(7-8-14-5-3-2-4-6-14)21-18(22)12-15-9-10-16(19)17(20)11-15/h2-6,9-11,13H,7-8,12H2,1H3,(H,21,22). The van der Waals surface area contributed by atoms with Crippen molar-refractivity contribution in [3.8, 4) is 0 Å². The van der Waals surface area contributed by atoms with E-state index in [9.17, 15) is 13.6 Å². The Hall–Kier alpha value is -2.23. The lowest BCUT2D eigenvalue weighted by Gasteiger charge is -2.14. The summed E-state index contributed by atoms with van der Waals surface area (Å²) in [5, 5.41) is 2.88. The van der Waals surface area contributed by atoms with E-state index in [0.29, 0.717) is 5.56 Å². The topological polar surface area (TPSA) is 29.1 Å². The van der Waals surface area contributed by atoms with Crippen LogP contribution in [0.1, 0.15) is 24.5 Å². The number of benzene rings is 2. The minimum absolute atomic E-state index is 0.0259. The van der Waals surface area contributed by atoms with Gasteiger partial charge in [0.05, 0.1) is 6.42 Å². The summed E-state index contributed by atoms with van der Waals surface area (Å²) in [4.78, 5) is 11.9. The maximum atomic E-state index is 13.1. The van der Waals surface area contributed by atoms with E-state index in [4.69, 9.17) is 0 Å². The number of hydrogen-bond acceptors (Lipinski definition) is 1. The molecule has 1 unspecified atom stereocenters. The Balaban J connectivity index is 1.79. The Morgan fingerprint density at radius 2 is 1.77 bits per heavy atom. The fraction of sp³-hybridized carbons (Fsp3) is 0.278. The summed E-state index contributed by atoms with van der Waals surface area (Å²) in [5.74, 6) is -2.02. The van der Waals surface area contributed by atoms with Crippen molar-refractivity contribution in [2.75, 3.05) is 0 Å². The summed E-state index contributed by atoms with van der Waals surface area (Å²) in [6.45, 7) is 1.94. The second kappa shape index (κ2) is 7.69. The predicted molar refractivity (Wildman–Crippen MR) is 82.4 cm³/mol. The quantitative estimate of drug-likeness (QED) is 0.867. The van der Waals surface area contributed by atoms with E-state index in [2.05, 4.69) is 17.4 Å². The average Bonchev–Trinajstić information content (AvgIpc) is 2.50. The molecule has 0 fully saturated rings. The largest absolute Gasteiger partial charge is 0.353 e. The predicted octanol–water partition coefficient (Wildman–Crippen LogP) is 3.64. The van der Waals surface area contributed by atoms with Crippen LogP contribution >= 0.6 is 0 Å². The van der Waals surface area contributed by atoms with Crippen LogP contribution in [0.4, 0.5) is 8.78 Å². The summed E-state index contributed by atoms with van der Waals surface area (Å²) in [6, 6.07) is 13.6. The molecule has 4 heteroatoms. The van der Waals surface area contributed by atoms with Crippen molar-refractivity contribution >= 4 is 5.91 Å². The molecule has 2 nitrogen and oxygen atoms in total. The monoisotopic (exact) mass is 303 g/mol. The molecule has 22 heavy (non-hydrogen) atoms. The van der Waals surface area contributed by atoms with Crippen LogP contribution in [0.5, 0.6) is 0 Å². The number of carbonyl (C=O) groups excluding carboxylic acids is 1. The average molecular weight is 303 g/mol. The third-order valence-electron chi connectivity index (χ3n) is 3.46. The van der Waals surface area contributed by atoms with Crippen molar-refractivity contribution in [3.63, 3.8) is 0 Å². The number of aryl methyl sites for hydroxylation is 1. The van der Waals surface area contributed by atoms with Gasteiger partial charge >= 0.3 is 0 Å². The molecular weight excluding hydrogens is 284 g/mol. The molecule has 0 aliphatic heterocycles. The lowest BCUT2D eigenvalue weighted by atomic mass is 10.1. The number of hydrogen-bond donors (Lipinski definition) is 1. The van der Waals surface area contributed by atoms with Crippen LogP contribution in [0.2, 0.25) is 0 Å². The Morgan fingerprint density at radius 3 is 2.45 bits per heavy atom. The molecule has 0 radical (unpaired) electrons. The van der Waals surface area contributed by atoms with Gasteiger partial charge < -0.3 is 5.32 Å². The highest BCUT2D eigenvalue weighted by molar-refractivity contribution is 5.78. The van der Waals surface area contributed by atoms with Crippen molar-refractivity contribution in [1.29, 1.82) is 0 Å². The molecule has 2 rings (SSSR count). The molecule has 2 aromatic carbocycles. The highest BCUT2D eigenvalue weighted by Crippen LogP contribution is 2.10. The second-order valence-corrected chi connectivity index (χ2v) is 5.42. The summed E-state index contributed by atoms with van der Waals surface area (Å²) in [7, 11) is 0. The van der Waals surface area contributed by atoms with Gasteiger partial charge in [0, 0.05) is 6.04 Å². The van der Waals surface area contributed by atoms with Crippen molar-refractivity contribution in [2.45, 2.75) is 32.2 Å². The zero-order valence-corrected chi connectivity index (χ0v) is 12.5. The van der Waals surface area contributed by atoms with Crippen LogP contribution in [0.25, 0.3) is 0 Å². The second-order valence-electron chi connectivity index (χ2n) is 5.42. The molecule has 0 aliphatic carbocycles. The van der Waals surface area contributed by atoms with E-state index in [1.165, 1.54) is 11.6 Å². The van der Waals surface area contributed by atoms with Crippen LogP contribution < -0.4 is 5.32 Å². The van der Waals surface area contributed by atoms with Gasteiger partial charge in [-0.2, -0.15) is 0 Å². The van der Waals surface area contributed by atoms with Gasteiger partial charge in [-0.1, -0.05) is 36.4 Å². The molecule has 2 aromatic rings. The van der Waals surface area contributed by atoms with Gasteiger partial charge in [-0.25, -0.2) is 8.78 Å². The lowest BCUT2D eigenvalue weighted by molar-refractivity contribution is -0.121. The first-order valence-electron chi connectivity index (χ1n) is 7.32. The molecule has 116 valence electrons. The minimum Gasteiger partial charge on any atom is -0.353 e. The van der Waals surface area contributed by atoms with Gasteiger partial charge in [0.25, 0.3) is 0 Å². The molecule has 0 bridgehead atoms. The Kier molecular flexibility index (Phi) is 5.64. The van der Waals surface area contributed by atoms with E-state index in [-0.39, 0.29) is 18.4 Å². The lowest BCUT2D eigenvalue weighted by Crippen LogP contribution is -2.34. The fourth-order valence-corrected chi connectivity index (χ4v) is 2.26. The smallest absolute Gasteiger partial charge is 0.224 e. The maximum absolute atomic E-state index is 13.1. The molecule has 1 N–H and O–H groups in total. The Labute approximate surface area is 129 Å². The van der Waals surface area contributed by atoms with Gasteiger partial charge in [-0.15, -0.1) is 0 Å². The third kappa shape index (κ3) is 4.95. The van der Waals surface area contributed by atoms with Crippen molar-refractivity contribution in [2.24, 2.45) is 0 Å². The van der Waals surface area contributed by atoms with Gasteiger partial charge in [0.2, 0.25) is 5.91 Å². The molecule has 0 aromatic heterocycles. The molecule has 0 saturated heterocycles. The first-order chi connectivity index (χ1) is 10.5. The molecule has 0 saturated carbocycles. The number of halogens is 2. The zero-order valence-electron chi connectivity index (χ0n) is 12.5. The molecule has 0 spiro atoms. The molecule has 1 atom stereocenters. The molecule has 1 amide bonds. The summed E-state index contributed by atoms with van der Waals surface area (Å²) >= 11 is 0. The van der Waals surface area contributed by atoms with E-state index < -0.39 is 11.6 Å². The summed E-state index contributed by atoms with van der Waals surface area (Å²) in [6.07, 6.45) is 1.76. The van der Waals surface area contributed by atoms with E-state index in [1.54, 1.807) is 0 Å². The van der Waals surface area contributed by atoms with Gasteiger partial charge in [0.1, 0.15) is 0 Å². The highest BCUT2D eigenvalue weighted by atomic mass is 19.2. The number of nitrogens with one attached hydrogen (secondary N) is 1. The van der Waals surface area contributed by atoms with Gasteiger partial charge in [0.15, 0.2) is 11.6 Å². The summed E-state index contributed by atoms with van der Waals surface area (Å²) < 4.78 is 25.9. The van der Waals surface area contributed by atoms with Crippen molar-refractivity contribution < 1.29 is 13.6 Å². The first-order valence-corrected chi connectivity index (χ1v) is 7.32. The maximum Gasteiger partial charge on any atom is 0.224 e. The Bertz CT molecular complexity index is 628. The van der Waals surface area contributed by atoms with Crippen LogP contribution in [-0.4, -0.2) is 11.9 Å². The van der Waals surface area contributed by atoms with Gasteiger partial charge in [-0.3, -0.25) is 4.79 Å². The van der Waals surface area contributed by atoms with E-state index in [0.717, 1.165) is 25.0 Å². The number of carbonyl (C=O) groups is 1. The Morgan fingerprint density at radius 1 is 1.05 bits per heavy atom. The summed E-state index contributed by atoms with van der Waals surface area (Å²) in [5.41, 5.74) is 1.69. The van der Waals surface area contributed by atoms with E-state index in [1.807, 2.05) is 25.1 Å². The van der Waals surface area contributed by atoms with Crippen molar-refractivity contribution in [3.05, 3.63) is 71.3 Å². The van der Waals surface area contributed by atoms with Crippen LogP contribution in [-0.2, 0) is 17.6 Å². The van der Waals surface area contributed by atoms with E-state index >= 15 is 0 Å². The van der Waals surface area contributed by atoms with Crippen LogP contribution in [0, 0.1) is 11.6 Å². The number of rotatable bonds is 6. The van der Waals surface area contributed by atoms with Crippen LogP contribution in [0.3, 0.4) is 0 Å². The normalized spacial score (nSPS) is 12.0. The molecule has 0 aliphatic rings. The molecule has 0 heterocycles. The van der Waals surface area contributed by atoms with Crippen LogP contribution in [0.15, 0.2) is 48.5 Å². The minimum atomic E-state index is -0.928. The third-order valence-corrected chi connectivity index (χ3v) is 3.46. The first kappa shape index (κ1) is 16.1. The number of amides is 1. The molecular formula is C18H19F2NO. The highest BCUT2D eigenvalue weighted by Gasteiger charge is 2.10. The SMILES string of the molecule is CC(CCc1ccccc1)NC(=O)Cc1ccc(F)c(F)c1. The zero-order chi connectivity index (χ0) is 15.9. The van der Waals surface area contributed by atoms with Crippen molar-refractivity contribution in [1.82, 2.24) is 5.32 Å². The van der Waals surface area contributed by atoms with Gasteiger partial charge in [-0.05, 0) is 43.0 Å².